The highest BCUT2D eigenvalue weighted by atomic mass is 35.5. The number of thiazole rings is 1. The quantitative estimate of drug-likeness (QED) is 0.556. The summed E-state index contributed by atoms with van der Waals surface area (Å²) in [7, 11) is 1.30. The maximum atomic E-state index is 12.7. The topological polar surface area (TPSA) is 69.9 Å². The van der Waals surface area contributed by atoms with Gasteiger partial charge in [-0.1, -0.05) is 40.6 Å². The average Bonchev–Trinajstić information content (AvgIpc) is 2.99. The molecule has 1 amide bonds. The third kappa shape index (κ3) is 4.38. The summed E-state index contributed by atoms with van der Waals surface area (Å²) in [6, 6.07) is 10.0. The zero-order valence-electron chi connectivity index (χ0n) is 15.1. The van der Waals surface area contributed by atoms with Crippen LogP contribution in [0.1, 0.15) is 17.3 Å². The molecule has 0 radical (unpaired) electrons. The number of hydrogen-bond acceptors (Lipinski definition) is 5. The number of aromatic nitrogens is 1. The van der Waals surface area contributed by atoms with Gasteiger partial charge in [-0.05, 0) is 37.3 Å². The lowest BCUT2D eigenvalue weighted by Gasteiger charge is -2.08. The minimum Gasteiger partial charge on any atom is -0.492 e. The summed E-state index contributed by atoms with van der Waals surface area (Å²) in [6.45, 7) is 2.22. The van der Waals surface area contributed by atoms with Crippen LogP contribution in [0.4, 0.5) is 0 Å². The Morgan fingerprint density at radius 3 is 2.54 bits per heavy atom. The van der Waals surface area contributed by atoms with Crippen molar-refractivity contribution in [3.05, 3.63) is 56.8 Å². The third-order valence-electron chi connectivity index (χ3n) is 3.79. The van der Waals surface area contributed by atoms with E-state index in [1.807, 2.05) is 19.1 Å². The standard InChI is InChI=1S/C19H16Cl2N2O4S/c1-3-27-14-5-4-6-15-17(14)23(10-16(24)26-2)19(28-15)22-18(25)11-7-12(20)9-13(21)8-11/h4-9H,3,10H2,1-2H3. The van der Waals surface area contributed by atoms with E-state index in [9.17, 15) is 9.59 Å². The number of benzene rings is 2. The van der Waals surface area contributed by atoms with Gasteiger partial charge in [-0.15, -0.1) is 0 Å². The summed E-state index contributed by atoms with van der Waals surface area (Å²) in [4.78, 5) is 29.2. The van der Waals surface area contributed by atoms with Crippen LogP contribution >= 0.6 is 34.5 Å². The number of nitrogens with zero attached hydrogens (tertiary/aromatic N) is 2. The Labute approximate surface area is 174 Å². The molecule has 146 valence electrons. The molecule has 0 spiro atoms. The van der Waals surface area contributed by atoms with Gasteiger partial charge in [0.2, 0.25) is 0 Å². The van der Waals surface area contributed by atoms with Crippen molar-refractivity contribution in [3.8, 4) is 5.75 Å². The predicted octanol–water partition coefficient (Wildman–Crippen LogP) is 4.32. The molecule has 28 heavy (non-hydrogen) atoms. The van der Waals surface area contributed by atoms with Crippen LogP contribution in [-0.4, -0.2) is 30.2 Å². The highest BCUT2D eigenvalue weighted by Crippen LogP contribution is 2.28. The lowest BCUT2D eigenvalue weighted by Crippen LogP contribution is -2.22. The molecule has 1 aromatic heterocycles. The smallest absolute Gasteiger partial charge is 0.325 e. The van der Waals surface area contributed by atoms with Crippen LogP contribution in [0.5, 0.6) is 5.75 Å². The number of rotatable bonds is 5. The van der Waals surface area contributed by atoms with Crippen LogP contribution in [0.2, 0.25) is 10.0 Å². The normalized spacial score (nSPS) is 11.6. The third-order valence-corrected chi connectivity index (χ3v) is 5.27. The van der Waals surface area contributed by atoms with Crippen molar-refractivity contribution in [1.82, 2.24) is 4.57 Å². The number of methoxy groups -OCH3 is 1. The zero-order valence-corrected chi connectivity index (χ0v) is 17.4. The van der Waals surface area contributed by atoms with Gasteiger partial charge < -0.3 is 14.0 Å². The molecule has 0 aliphatic heterocycles. The highest BCUT2D eigenvalue weighted by Gasteiger charge is 2.16. The lowest BCUT2D eigenvalue weighted by molar-refractivity contribution is -0.141. The second-order valence-electron chi connectivity index (χ2n) is 5.66. The first-order valence-electron chi connectivity index (χ1n) is 8.30. The average molecular weight is 439 g/mol. The van der Waals surface area contributed by atoms with Crippen LogP contribution in [0.15, 0.2) is 41.4 Å². The summed E-state index contributed by atoms with van der Waals surface area (Å²) in [5, 5.41) is 0.673. The van der Waals surface area contributed by atoms with Crippen molar-refractivity contribution in [3.63, 3.8) is 0 Å². The molecule has 0 aliphatic carbocycles. The number of para-hydroxylation sites is 1. The maximum Gasteiger partial charge on any atom is 0.325 e. The molecule has 3 aromatic rings. The van der Waals surface area contributed by atoms with Crippen LogP contribution in [-0.2, 0) is 16.1 Å². The van der Waals surface area contributed by atoms with Crippen LogP contribution in [0.3, 0.4) is 0 Å². The zero-order chi connectivity index (χ0) is 20.3. The van der Waals surface area contributed by atoms with Gasteiger partial charge in [0.15, 0.2) is 4.80 Å². The maximum absolute atomic E-state index is 12.7. The number of halogens is 2. The number of ether oxygens (including phenoxy) is 2. The molecular formula is C19H16Cl2N2O4S. The summed E-state index contributed by atoms with van der Waals surface area (Å²) in [5.41, 5.74) is 0.931. The number of amides is 1. The van der Waals surface area contributed by atoms with Gasteiger partial charge in [0.05, 0.1) is 18.4 Å². The second kappa shape index (κ2) is 8.77. The van der Waals surface area contributed by atoms with Crippen molar-refractivity contribution in [2.24, 2.45) is 4.99 Å². The Hall–Kier alpha value is -2.35. The Kier molecular flexibility index (Phi) is 6.39. The minimum absolute atomic E-state index is 0.108. The van der Waals surface area contributed by atoms with E-state index in [0.29, 0.717) is 32.7 Å². The van der Waals surface area contributed by atoms with Crippen LogP contribution < -0.4 is 9.54 Å². The van der Waals surface area contributed by atoms with Gasteiger partial charge in [-0.3, -0.25) is 9.59 Å². The van der Waals surface area contributed by atoms with Gasteiger partial charge in [-0.2, -0.15) is 4.99 Å². The molecule has 0 bridgehead atoms. The van der Waals surface area contributed by atoms with Crippen molar-refractivity contribution in [1.29, 1.82) is 0 Å². The highest BCUT2D eigenvalue weighted by molar-refractivity contribution is 7.16. The summed E-state index contributed by atoms with van der Waals surface area (Å²) in [6.07, 6.45) is 0. The van der Waals surface area contributed by atoms with Crippen LogP contribution in [0.25, 0.3) is 10.2 Å². The SMILES string of the molecule is CCOc1cccc2sc(=NC(=O)c3cc(Cl)cc(Cl)c3)n(CC(=O)OC)c12. The van der Waals surface area contributed by atoms with Gasteiger partial charge in [-0.25, -0.2) is 0 Å². The number of carbonyl (C=O) groups excluding carboxylic acids is 2. The predicted molar refractivity (Wildman–Crippen MR) is 109 cm³/mol. The molecule has 2 aromatic carbocycles. The monoisotopic (exact) mass is 438 g/mol. The largest absolute Gasteiger partial charge is 0.492 e. The fourth-order valence-electron chi connectivity index (χ4n) is 2.62. The number of carbonyl (C=O) groups is 2. The molecule has 0 saturated carbocycles. The molecule has 6 nitrogen and oxygen atoms in total. The Bertz CT molecular complexity index is 1100. The molecule has 3 rings (SSSR count). The molecule has 9 heteroatoms. The van der Waals surface area contributed by atoms with E-state index in [4.69, 9.17) is 32.7 Å². The van der Waals surface area contributed by atoms with Gasteiger partial charge >= 0.3 is 5.97 Å². The number of esters is 1. The molecule has 0 aliphatic rings. The first kappa shape index (κ1) is 20.4. The lowest BCUT2D eigenvalue weighted by atomic mass is 10.2. The Morgan fingerprint density at radius 1 is 1.18 bits per heavy atom. The summed E-state index contributed by atoms with van der Waals surface area (Å²) < 4.78 is 12.9. The van der Waals surface area contributed by atoms with E-state index in [2.05, 4.69) is 4.99 Å². The van der Waals surface area contributed by atoms with E-state index >= 15 is 0 Å². The molecule has 0 fully saturated rings. The molecule has 1 heterocycles. The molecule has 0 atom stereocenters. The molecule has 0 saturated heterocycles. The fourth-order valence-corrected chi connectivity index (χ4v) is 4.20. The summed E-state index contributed by atoms with van der Waals surface area (Å²) >= 11 is 13.2. The Balaban J connectivity index is 2.19. The number of fused-ring (bicyclic) bond motifs is 1. The molecule has 0 unspecified atom stereocenters. The van der Waals surface area contributed by atoms with Crippen molar-refractivity contribution < 1.29 is 19.1 Å². The van der Waals surface area contributed by atoms with E-state index in [1.165, 1.54) is 36.6 Å². The Morgan fingerprint density at radius 2 is 1.89 bits per heavy atom. The number of hydrogen-bond donors (Lipinski definition) is 0. The molecular weight excluding hydrogens is 423 g/mol. The fraction of sp³-hybridized carbons (Fsp3) is 0.211. The van der Waals surface area contributed by atoms with Crippen molar-refractivity contribution in [2.75, 3.05) is 13.7 Å². The van der Waals surface area contributed by atoms with E-state index in [1.54, 1.807) is 10.6 Å². The van der Waals surface area contributed by atoms with Gasteiger partial charge in [0.25, 0.3) is 5.91 Å². The van der Waals surface area contributed by atoms with Gasteiger partial charge in [0, 0.05) is 15.6 Å². The second-order valence-corrected chi connectivity index (χ2v) is 7.54. The van der Waals surface area contributed by atoms with E-state index in [-0.39, 0.29) is 12.1 Å². The van der Waals surface area contributed by atoms with Crippen molar-refractivity contribution in [2.45, 2.75) is 13.5 Å². The van der Waals surface area contributed by atoms with Crippen molar-refractivity contribution >= 4 is 56.6 Å². The van der Waals surface area contributed by atoms with Gasteiger partial charge in [0.1, 0.15) is 17.8 Å². The molecule has 0 N–H and O–H groups in total. The van der Waals surface area contributed by atoms with E-state index < -0.39 is 11.9 Å². The van der Waals surface area contributed by atoms with E-state index in [0.717, 1.165) is 4.70 Å². The first-order chi connectivity index (χ1) is 13.4. The summed E-state index contributed by atoms with van der Waals surface area (Å²) in [5.74, 6) is -0.391. The first-order valence-corrected chi connectivity index (χ1v) is 9.87. The van der Waals surface area contributed by atoms with Crippen LogP contribution in [0, 0.1) is 0 Å². The minimum atomic E-state index is -0.521.